The van der Waals surface area contributed by atoms with Crippen LogP contribution < -0.4 is 5.32 Å². The Bertz CT molecular complexity index is 1340. The zero-order valence-electron chi connectivity index (χ0n) is 23.9. The minimum absolute atomic E-state index is 0.0662. The first-order chi connectivity index (χ1) is 19.9. The second-order valence-electron chi connectivity index (χ2n) is 11.1. The van der Waals surface area contributed by atoms with Gasteiger partial charge in [-0.15, -0.1) is 0 Å². The molecule has 3 aliphatic heterocycles. The average Bonchev–Trinajstić information content (AvgIpc) is 3.42. The van der Waals surface area contributed by atoms with Crippen LogP contribution >= 0.6 is 0 Å². The Labute approximate surface area is 241 Å². The van der Waals surface area contributed by atoms with Gasteiger partial charge in [0.15, 0.2) is 6.10 Å². The number of phenolic OH excluding ortho intramolecular Hbond substituents is 1. The van der Waals surface area contributed by atoms with Crippen LogP contribution in [0.5, 0.6) is 5.75 Å². The smallest absolute Gasteiger partial charge is 0.322 e. The van der Waals surface area contributed by atoms with E-state index in [4.69, 9.17) is 4.84 Å². The van der Waals surface area contributed by atoms with Crippen molar-refractivity contribution < 1.29 is 19.5 Å². The van der Waals surface area contributed by atoms with Crippen molar-refractivity contribution in [1.82, 2.24) is 14.9 Å². The van der Waals surface area contributed by atoms with Crippen molar-refractivity contribution in [2.45, 2.75) is 64.5 Å². The number of rotatable bonds is 7. The van der Waals surface area contributed by atoms with Crippen molar-refractivity contribution in [1.29, 1.82) is 0 Å². The maximum Gasteiger partial charge on any atom is 0.322 e. The monoisotopic (exact) mass is 557 g/mol. The van der Waals surface area contributed by atoms with E-state index in [1.165, 1.54) is 0 Å². The van der Waals surface area contributed by atoms with Gasteiger partial charge in [0.05, 0.1) is 6.20 Å². The minimum atomic E-state index is -0.841. The molecule has 0 aliphatic carbocycles. The van der Waals surface area contributed by atoms with Crippen LogP contribution in [0.3, 0.4) is 0 Å². The van der Waals surface area contributed by atoms with Gasteiger partial charge in [-0.3, -0.25) is 9.63 Å². The maximum absolute atomic E-state index is 13.2. The lowest BCUT2D eigenvalue weighted by Crippen LogP contribution is -2.49. The summed E-state index contributed by atoms with van der Waals surface area (Å²) in [6.07, 6.45) is 5.87. The fraction of sp³-hybridized carbons (Fsp3) is 0.469. The molecule has 41 heavy (non-hydrogen) atoms. The summed E-state index contributed by atoms with van der Waals surface area (Å²) in [7, 11) is 0. The molecule has 3 aliphatic rings. The summed E-state index contributed by atoms with van der Waals surface area (Å²) >= 11 is 0. The predicted octanol–water partition coefficient (Wildman–Crippen LogP) is 4.37. The summed E-state index contributed by atoms with van der Waals surface area (Å²) in [5, 5.41) is 15.1. The van der Waals surface area contributed by atoms with Crippen LogP contribution in [0.1, 0.15) is 47.9 Å². The Hall–Kier alpha value is -3.87. The van der Waals surface area contributed by atoms with Crippen molar-refractivity contribution in [3.05, 3.63) is 70.6 Å². The number of fused-ring (bicyclic) bond motifs is 1. The molecule has 2 fully saturated rings. The lowest BCUT2D eigenvalue weighted by Gasteiger charge is -2.38. The third kappa shape index (κ3) is 7.26. The first-order valence-electron chi connectivity index (χ1n) is 14.6. The molecule has 0 spiro atoms. The molecule has 2 N–H and O–H groups in total. The van der Waals surface area contributed by atoms with Crippen molar-refractivity contribution in [3.8, 4) is 5.75 Å². The fourth-order valence-electron chi connectivity index (χ4n) is 5.87. The summed E-state index contributed by atoms with van der Waals surface area (Å²) in [5.41, 5.74) is 7.30. The number of benzene rings is 2. The highest BCUT2D eigenvalue weighted by Gasteiger charge is 2.32. The number of carbonyl (C=O) groups excluding carboxylic acids is 2. The number of nitrogens with one attached hydrogen (secondary N) is 1. The summed E-state index contributed by atoms with van der Waals surface area (Å²) in [6, 6.07) is 11.7. The lowest BCUT2D eigenvalue weighted by atomic mass is 10.0. The summed E-state index contributed by atoms with van der Waals surface area (Å²) in [6.45, 7) is 7.50. The van der Waals surface area contributed by atoms with Crippen LogP contribution in [0.2, 0.25) is 0 Å². The normalized spacial score (nSPS) is 18.5. The molecule has 9 nitrogen and oxygen atoms in total. The SMILES string of the molecule is Cc1cc(C[C@@H](ON2CCC(N3CCc4ccccc4NC3=O)CC2)C(=O)N=C=C=CN2CCCC2)cc(C)c1O. The van der Waals surface area contributed by atoms with Gasteiger partial charge in [0, 0.05) is 56.7 Å². The summed E-state index contributed by atoms with van der Waals surface area (Å²) < 4.78 is 0. The number of amides is 3. The van der Waals surface area contributed by atoms with Gasteiger partial charge in [0.1, 0.15) is 5.75 Å². The standard InChI is InChI=1S/C32H39N5O4/c1-23-20-25(21-24(2)30(23)38)22-29(31(39)33-13-7-16-35-14-5-6-15-35)41-36-17-11-27(12-18-36)37-19-10-26-8-3-4-9-28(26)34-32(37)40/h3-4,8-9,16,20-21,27,29,38H,5-6,10-12,14-15,17-19,22H2,1-2H3,(H,34,40)/t29-/m1/s1. The van der Waals surface area contributed by atoms with Crippen LogP contribution in [0.25, 0.3) is 0 Å². The molecule has 216 valence electrons. The molecule has 0 bridgehead atoms. The molecule has 9 heteroatoms. The third-order valence-electron chi connectivity index (χ3n) is 8.15. The molecule has 0 saturated carbocycles. The van der Waals surface area contributed by atoms with Crippen LogP contribution in [-0.4, -0.2) is 82.6 Å². The molecule has 3 heterocycles. The topological polar surface area (TPSA) is 97.7 Å². The third-order valence-corrected chi connectivity index (χ3v) is 8.15. The fourth-order valence-corrected chi connectivity index (χ4v) is 5.87. The number of aryl methyl sites for hydroxylation is 2. The first kappa shape index (κ1) is 28.7. The van der Waals surface area contributed by atoms with E-state index in [0.29, 0.717) is 26.1 Å². The number of nitrogens with zero attached hydrogens (tertiary/aromatic N) is 4. The molecule has 0 radical (unpaired) electrons. The van der Waals surface area contributed by atoms with Gasteiger partial charge in [-0.1, -0.05) is 30.3 Å². The Morgan fingerprint density at radius 2 is 1.83 bits per heavy atom. The summed E-state index contributed by atoms with van der Waals surface area (Å²) in [5.74, 6) is 2.48. The number of para-hydroxylation sites is 1. The highest BCUT2D eigenvalue weighted by atomic mass is 16.7. The largest absolute Gasteiger partial charge is 0.507 e. The number of piperidine rings is 1. The van der Waals surface area contributed by atoms with Gasteiger partial charge in [0.25, 0.3) is 5.91 Å². The van der Waals surface area contributed by atoms with Gasteiger partial charge >= 0.3 is 6.03 Å². The van der Waals surface area contributed by atoms with Gasteiger partial charge in [-0.2, -0.15) is 10.1 Å². The van der Waals surface area contributed by atoms with Crippen LogP contribution in [0, 0.1) is 13.8 Å². The number of likely N-dealkylation sites (tertiary alicyclic amines) is 1. The van der Waals surface area contributed by atoms with Gasteiger partial charge in [-0.05, 0) is 80.0 Å². The number of carbonyl (C=O) groups is 2. The molecule has 0 aromatic heterocycles. The molecule has 3 amide bonds. The number of aromatic hydroxyl groups is 1. The Morgan fingerprint density at radius 3 is 2.56 bits per heavy atom. The van der Waals surface area contributed by atoms with Gasteiger partial charge < -0.3 is 20.2 Å². The van der Waals surface area contributed by atoms with E-state index in [2.05, 4.69) is 32.9 Å². The Balaban J connectivity index is 1.24. The molecule has 2 aromatic rings. The Kier molecular flexibility index (Phi) is 9.22. The van der Waals surface area contributed by atoms with Crippen LogP contribution in [0.4, 0.5) is 10.5 Å². The number of phenols is 1. The molecule has 2 saturated heterocycles. The van der Waals surface area contributed by atoms with Crippen LogP contribution in [-0.2, 0) is 22.5 Å². The first-order valence-corrected chi connectivity index (χ1v) is 14.6. The molecular weight excluding hydrogens is 518 g/mol. The van der Waals surface area contributed by atoms with E-state index < -0.39 is 12.0 Å². The highest BCUT2D eigenvalue weighted by molar-refractivity contribution is 5.91. The zero-order valence-corrected chi connectivity index (χ0v) is 23.9. The number of hydroxylamine groups is 2. The van der Waals surface area contributed by atoms with Gasteiger partial charge in [-0.25, -0.2) is 4.79 Å². The number of hydrogen-bond donors (Lipinski definition) is 2. The Morgan fingerprint density at radius 1 is 1.12 bits per heavy atom. The quantitative estimate of drug-likeness (QED) is 0.388. The number of anilines is 1. The average molecular weight is 558 g/mol. The zero-order chi connectivity index (χ0) is 28.8. The summed E-state index contributed by atoms with van der Waals surface area (Å²) in [4.78, 5) is 40.5. The van der Waals surface area contributed by atoms with E-state index in [1.807, 2.05) is 54.1 Å². The predicted molar refractivity (Wildman–Crippen MR) is 158 cm³/mol. The van der Waals surface area contributed by atoms with E-state index >= 15 is 0 Å². The van der Waals surface area contributed by atoms with Crippen molar-refractivity contribution >= 4 is 23.5 Å². The molecule has 2 aromatic carbocycles. The van der Waals surface area contributed by atoms with Crippen molar-refractivity contribution in [2.24, 2.45) is 4.99 Å². The van der Waals surface area contributed by atoms with Crippen molar-refractivity contribution in [3.63, 3.8) is 0 Å². The van der Waals surface area contributed by atoms with E-state index in [1.54, 1.807) is 6.20 Å². The van der Waals surface area contributed by atoms with Crippen LogP contribution in [0.15, 0.2) is 53.3 Å². The van der Waals surface area contributed by atoms with E-state index in [-0.39, 0.29) is 17.8 Å². The molecule has 0 unspecified atom stereocenters. The van der Waals surface area contributed by atoms with Crippen molar-refractivity contribution in [2.75, 3.05) is 38.0 Å². The maximum atomic E-state index is 13.2. The number of urea groups is 1. The number of aliphatic imine (C=N–C) groups is 1. The lowest BCUT2D eigenvalue weighted by molar-refractivity contribution is -0.208. The van der Waals surface area contributed by atoms with E-state index in [0.717, 1.165) is 73.1 Å². The second kappa shape index (κ2) is 13.2. The number of hydrogen-bond acceptors (Lipinski definition) is 6. The molecular formula is C32H39N5O4. The molecule has 1 atom stereocenters. The highest BCUT2D eigenvalue weighted by Crippen LogP contribution is 2.27. The molecule has 5 rings (SSSR count). The van der Waals surface area contributed by atoms with Gasteiger partial charge in [0.2, 0.25) is 0 Å². The minimum Gasteiger partial charge on any atom is -0.507 e. The van der Waals surface area contributed by atoms with E-state index in [9.17, 15) is 14.7 Å². The second-order valence-corrected chi connectivity index (χ2v) is 11.1.